The summed E-state index contributed by atoms with van der Waals surface area (Å²) in [5, 5.41) is 1.24. The summed E-state index contributed by atoms with van der Waals surface area (Å²) < 4.78 is 39.2. The van der Waals surface area contributed by atoms with Crippen molar-refractivity contribution >= 4 is 27.5 Å². The molecule has 3 N–H and O–H groups in total. The van der Waals surface area contributed by atoms with E-state index in [9.17, 15) is 17.6 Å². The molecule has 162 valence electrons. The lowest BCUT2D eigenvalue weighted by atomic mass is 9.75. The van der Waals surface area contributed by atoms with E-state index in [0.29, 0.717) is 12.8 Å². The zero-order chi connectivity index (χ0) is 20.3. The fraction of sp³-hybridized carbons (Fsp3) is 0.944. The summed E-state index contributed by atoms with van der Waals surface area (Å²) in [5.41, 5.74) is 5.58. The zero-order valence-electron chi connectivity index (χ0n) is 16.4. The van der Waals surface area contributed by atoms with Gasteiger partial charge in [0.2, 0.25) is 15.9 Å². The molecule has 3 aliphatic rings. The Morgan fingerprint density at radius 1 is 1.21 bits per heavy atom. The third kappa shape index (κ3) is 5.78. The van der Waals surface area contributed by atoms with Crippen LogP contribution < -0.4 is 15.7 Å². The van der Waals surface area contributed by atoms with Gasteiger partial charge in [0.05, 0.1) is 17.0 Å². The Morgan fingerprint density at radius 3 is 2.57 bits per heavy atom. The molecule has 7 nitrogen and oxygen atoms in total. The van der Waals surface area contributed by atoms with E-state index < -0.39 is 33.4 Å². The highest BCUT2D eigenvalue weighted by Crippen LogP contribution is 2.38. The number of halogens is 2. The Labute approximate surface area is 172 Å². The zero-order valence-corrected chi connectivity index (χ0v) is 17.9. The second kappa shape index (κ2) is 9.55. The maximum absolute atomic E-state index is 14.6. The van der Waals surface area contributed by atoms with Gasteiger partial charge in [0.25, 0.3) is 0 Å². The fourth-order valence-electron chi connectivity index (χ4n) is 4.82. The van der Waals surface area contributed by atoms with Crippen LogP contribution in [0.2, 0.25) is 0 Å². The lowest BCUT2D eigenvalue weighted by Crippen LogP contribution is -2.52. The SMILES string of the molecule is CN1CCC(C2CC(Cl)C(F)C(C(=O)NNS(=O)(=O)CC3CCCCC3)C2)N1. The van der Waals surface area contributed by atoms with Crippen LogP contribution in [0.5, 0.6) is 0 Å². The van der Waals surface area contributed by atoms with Crippen LogP contribution in [-0.2, 0) is 14.8 Å². The molecule has 1 heterocycles. The van der Waals surface area contributed by atoms with Crippen molar-refractivity contribution in [2.24, 2.45) is 17.8 Å². The van der Waals surface area contributed by atoms with E-state index >= 15 is 0 Å². The van der Waals surface area contributed by atoms with Crippen molar-refractivity contribution in [3.8, 4) is 0 Å². The standard InChI is InChI=1S/C18H32ClFN4O3S/c1-24-8-7-16(22-24)13-9-14(17(20)15(19)10-13)18(25)21-23-28(26,27)11-12-5-3-2-4-6-12/h12-17,22-23H,2-11H2,1H3,(H,21,25). The summed E-state index contributed by atoms with van der Waals surface area (Å²) in [6.07, 6.45) is 5.31. The lowest BCUT2D eigenvalue weighted by Gasteiger charge is -2.37. The van der Waals surface area contributed by atoms with Gasteiger partial charge in [-0.1, -0.05) is 19.3 Å². The lowest BCUT2D eigenvalue weighted by molar-refractivity contribution is -0.129. The molecule has 0 bridgehead atoms. The Hall–Kier alpha value is -0.480. The van der Waals surface area contributed by atoms with E-state index in [4.69, 9.17) is 11.6 Å². The van der Waals surface area contributed by atoms with Crippen molar-refractivity contribution in [2.45, 2.75) is 69.0 Å². The van der Waals surface area contributed by atoms with Crippen molar-refractivity contribution in [3.05, 3.63) is 0 Å². The van der Waals surface area contributed by atoms with Crippen LogP contribution in [0.3, 0.4) is 0 Å². The first-order valence-electron chi connectivity index (χ1n) is 10.3. The smallest absolute Gasteiger partial charge is 0.241 e. The minimum absolute atomic E-state index is 0.00388. The molecule has 1 saturated heterocycles. The topological polar surface area (TPSA) is 90.5 Å². The Morgan fingerprint density at radius 2 is 1.93 bits per heavy atom. The molecule has 3 rings (SSSR count). The van der Waals surface area contributed by atoms with E-state index in [1.807, 2.05) is 12.1 Å². The number of hydrogen-bond acceptors (Lipinski definition) is 5. The van der Waals surface area contributed by atoms with E-state index in [0.717, 1.165) is 45.1 Å². The van der Waals surface area contributed by atoms with Crippen molar-refractivity contribution < 1.29 is 17.6 Å². The number of amides is 1. The molecule has 10 heteroatoms. The summed E-state index contributed by atoms with van der Waals surface area (Å²) in [6.45, 7) is 0.894. The highest BCUT2D eigenvalue weighted by molar-refractivity contribution is 7.89. The second-order valence-electron chi connectivity index (χ2n) is 8.62. The predicted octanol–water partition coefficient (Wildman–Crippen LogP) is 1.70. The van der Waals surface area contributed by atoms with Crippen LogP contribution in [0.4, 0.5) is 4.39 Å². The highest BCUT2D eigenvalue weighted by atomic mass is 35.5. The summed E-state index contributed by atoms with van der Waals surface area (Å²) in [6, 6.07) is 0.164. The highest BCUT2D eigenvalue weighted by Gasteiger charge is 2.44. The molecule has 0 spiro atoms. The van der Waals surface area contributed by atoms with Gasteiger partial charge >= 0.3 is 0 Å². The van der Waals surface area contributed by atoms with Gasteiger partial charge in [0, 0.05) is 19.6 Å². The molecule has 0 aromatic heterocycles. The first-order chi connectivity index (χ1) is 13.2. The third-order valence-electron chi connectivity index (χ3n) is 6.39. The van der Waals surface area contributed by atoms with E-state index in [-0.39, 0.29) is 23.6 Å². The fourth-order valence-corrected chi connectivity index (χ4v) is 6.51. The molecule has 0 aromatic rings. The maximum Gasteiger partial charge on any atom is 0.241 e. The van der Waals surface area contributed by atoms with Gasteiger partial charge in [-0.05, 0) is 43.9 Å². The average Bonchev–Trinajstić information content (AvgIpc) is 3.09. The first-order valence-corrected chi connectivity index (χ1v) is 12.4. The summed E-state index contributed by atoms with van der Waals surface area (Å²) in [5.74, 6) is -1.40. The molecular weight excluding hydrogens is 407 g/mol. The largest absolute Gasteiger partial charge is 0.278 e. The molecule has 5 unspecified atom stereocenters. The number of nitrogens with zero attached hydrogens (tertiary/aromatic N) is 1. The molecule has 2 saturated carbocycles. The van der Waals surface area contributed by atoms with E-state index in [1.165, 1.54) is 0 Å². The first kappa shape index (κ1) is 22.2. The quantitative estimate of drug-likeness (QED) is 0.433. The number of carbonyl (C=O) groups excluding carboxylic acids is 1. The van der Waals surface area contributed by atoms with Crippen molar-refractivity contribution in [3.63, 3.8) is 0 Å². The normalized spacial score (nSPS) is 35.8. The molecule has 1 aliphatic heterocycles. The molecular formula is C18H32ClFN4O3S. The molecule has 5 atom stereocenters. The number of hydrazine groups is 2. The average molecular weight is 439 g/mol. The number of nitrogens with one attached hydrogen (secondary N) is 3. The van der Waals surface area contributed by atoms with Gasteiger partial charge in [-0.25, -0.2) is 17.8 Å². The molecule has 2 aliphatic carbocycles. The molecule has 1 amide bonds. The van der Waals surface area contributed by atoms with Crippen LogP contribution in [0.25, 0.3) is 0 Å². The van der Waals surface area contributed by atoms with Gasteiger partial charge in [0.1, 0.15) is 6.17 Å². The predicted molar refractivity (Wildman–Crippen MR) is 107 cm³/mol. The van der Waals surface area contributed by atoms with Gasteiger partial charge in [0.15, 0.2) is 0 Å². The Bertz CT molecular complexity index is 647. The number of carbonyl (C=O) groups is 1. The number of alkyl halides is 2. The van der Waals surface area contributed by atoms with Crippen molar-refractivity contribution in [2.75, 3.05) is 19.3 Å². The molecule has 0 radical (unpaired) electrons. The van der Waals surface area contributed by atoms with Gasteiger partial charge < -0.3 is 0 Å². The van der Waals surface area contributed by atoms with Crippen LogP contribution >= 0.6 is 11.6 Å². The summed E-state index contributed by atoms with van der Waals surface area (Å²) in [7, 11) is -1.69. The minimum Gasteiger partial charge on any atom is -0.278 e. The van der Waals surface area contributed by atoms with Crippen LogP contribution in [0.1, 0.15) is 51.4 Å². The number of hydrogen-bond donors (Lipinski definition) is 3. The van der Waals surface area contributed by atoms with Crippen LogP contribution in [-0.4, -0.2) is 56.3 Å². The summed E-state index contributed by atoms with van der Waals surface area (Å²) >= 11 is 6.20. The molecule has 0 aromatic carbocycles. The van der Waals surface area contributed by atoms with Crippen molar-refractivity contribution in [1.82, 2.24) is 20.7 Å². The molecule has 28 heavy (non-hydrogen) atoms. The number of sulfonamides is 1. The Kier molecular flexibility index (Phi) is 7.58. The molecule has 3 fully saturated rings. The third-order valence-corrected chi connectivity index (χ3v) is 8.13. The van der Waals surface area contributed by atoms with E-state index in [1.54, 1.807) is 0 Å². The summed E-state index contributed by atoms with van der Waals surface area (Å²) in [4.78, 5) is 14.7. The van der Waals surface area contributed by atoms with Crippen LogP contribution in [0, 0.1) is 17.8 Å². The van der Waals surface area contributed by atoms with Crippen LogP contribution in [0.15, 0.2) is 0 Å². The van der Waals surface area contributed by atoms with Crippen molar-refractivity contribution in [1.29, 1.82) is 0 Å². The second-order valence-corrected chi connectivity index (χ2v) is 10.9. The van der Waals surface area contributed by atoms with Gasteiger partial charge in [-0.15, -0.1) is 16.4 Å². The monoisotopic (exact) mass is 438 g/mol. The number of rotatable bonds is 6. The Balaban J connectivity index is 1.54. The maximum atomic E-state index is 14.6. The van der Waals surface area contributed by atoms with Gasteiger partial charge in [-0.2, -0.15) is 0 Å². The van der Waals surface area contributed by atoms with E-state index in [2.05, 4.69) is 15.7 Å². The minimum atomic E-state index is -3.64. The van der Waals surface area contributed by atoms with Gasteiger partial charge in [-0.3, -0.25) is 15.6 Å².